The van der Waals surface area contributed by atoms with E-state index in [2.05, 4.69) is 61.5 Å². The Bertz CT molecular complexity index is 1140. The first-order valence-electron chi connectivity index (χ1n) is 16.1. The molecule has 3 heteroatoms. The van der Waals surface area contributed by atoms with Crippen molar-refractivity contribution in [1.82, 2.24) is 0 Å². The van der Waals surface area contributed by atoms with Crippen LogP contribution in [0.5, 0.6) is 0 Å². The maximum atomic E-state index is 15.0. The lowest BCUT2D eigenvalue weighted by atomic mass is 9.35. The zero-order valence-corrected chi connectivity index (χ0v) is 26.4. The van der Waals surface area contributed by atoms with E-state index in [9.17, 15) is 14.4 Å². The quantitative estimate of drug-likeness (QED) is 0.270. The molecule has 3 saturated carbocycles. The lowest BCUT2D eigenvalue weighted by Crippen LogP contribution is -2.66. The summed E-state index contributed by atoms with van der Waals surface area (Å²) >= 11 is 0. The third kappa shape index (κ3) is 4.05. The molecule has 11 unspecified atom stereocenters. The molecule has 5 rings (SSSR count). The predicted molar refractivity (Wildman–Crippen MR) is 158 cm³/mol. The molecule has 0 heterocycles. The van der Waals surface area contributed by atoms with Gasteiger partial charge in [-0.2, -0.15) is 0 Å². The number of hydrogen-bond acceptors (Lipinski definition) is 3. The van der Waals surface area contributed by atoms with Crippen LogP contribution in [0.25, 0.3) is 0 Å². The summed E-state index contributed by atoms with van der Waals surface area (Å²) in [6.45, 7) is 21.9. The minimum Gasteiger partial charge on any atom is -0.299 e. The molecule has 0 N–H and O–H groups in total. The maximum absolute atomic E-state index is 15.0. The molecular formula is C36H54O3. The van der Waals surface area contributed by atoms with Crippen LogP contribution in [0.4, 0.5) is 0 Å². The van der Waals surface area contributed by atoms with Crippen molar-refractivity contribution in [2.24, 2.45) is 69.5 Å². The van der Waals surface area contributed by atoms with Gasteiger partial charge >= 0.3 is 0 Å². The average Bonchev–Trinajstić information content (AvgIpc) is 2.80. The lowest BCUT2D eigenvalue weighted by molar-refractivity contribution is -0.186. The average molecular weight is 535 g/mol. The Morgan fingerprint density at radius 2 is 1.72 bits per heavy atom. The van der Waals surface area contributed by atoms with Gasteiger partial charge < -0.3 is 0 Å². The number of ketones is 3. The highest BCUT2D eigenvalue weighted by Crippen LogP contribution is 2.71. The number of carbonyl (C=O) groups excluding carboxylic acids is 3. The largest absolute Gasteiger partial charge is 0.299 e. The Morgan fingerprint density at radius 1 is 1.05 bits per heavy atom. The highest BCUT2D eigenvalue weighted by molar-refractivity contribution is 6.22. The topological polar surface area (TPSA) is 51.2 Å². The fourth-order valence-electron chi connectivity index (χ4n) is 11.5. The maximum Gasteiger partial charge on any atom is 0.173 e. The molecule has 0 aliphatic heterocycles. The van der Waals surface area contributed by atoms with Gasteiger partial charge in [0.1, 0.15) is 5.78 Å². The molecule has 0 aromatic heterocycles. The Labute approximate surface area is 238 Å². The minimum atomic E-state index is -0.701. The van der Waals surface area contributed by atoms with Gasteiger partial charge in [0.25, 0.3) is 0 Å². The van der Waals surface area contributed by atoms with Gasteiger partial charge in [0.05, 0.1) is 5.57 Å². The van der Waals surface area contributed by atoms with Crippen molar-refractivity contribution < 1.29 is 14.4 Å². The number of rotatable bonds is 3. The molecule has 5 aliphatic carbocycles. The van der Waals surface area contributed by atoms with Crippen molar-refractivity contribution in [3.63, 3.8) is 0 Å². The zero-order valence-electron chi connectivity index (χ0n) is 26.4. The fourth-order valence-corrected chi connectivity index (χ4v) is 11.5. The molecule has 0 amide bonds. The van der Waals surface area contributed by atoms with E-state index in [-0.39, 0.29) is 46.1 Å². The van der Waals surface area contributed by atoms with E-state index < -0.39 is 5.41 Å². The molecule has 0 bridgehead atoms. The summed E-state index contributed by atoms with van der Waals surface area (Å²) in [5.74, 6) is 3.13. The number of fused-ring (bicyclic) bond motifs is 3. The van der Waals surface area contributed by atoms with Crippen LogP contribution in [0.1, 0.15) is 114 Å². The summed E-state index contributed by atoms with van der Waals surface area (Å²) in [7, 11) is 0. The van der Waals surface area contributed by atoms with Crippen LogP contribution in [0.3, 0.4) is 0 Å². The van der Waals surface area contributed by atoms with Crippen LogP contribution in [0, 0.1) is 69.5 Å². The van der Waals surface area contributed by atoms with Crippen LogP contribution >= 0.6 is 0 Å². The minimum absolute atomic E-state index is 0.000693. The van der Waals surface area contributed by atoms with E-state index in [1.807, 2.05) is 6.92 Å². The molecule has 39 heavy (non-hydrogen) atoms. The van der Waals surface area contributed by atoms with Gasteiger partial charge in [0.15, 0.2) is 11.6 Å². The Kier molecular flexibility index (Phi) is 7.08. The van der Waals surface area contributed by atoms with Crippen LogP contribution in [0.15, 0.2) is 22.8 Å². The smallest absolute Gasteiger partial charge is 0.173 e. The summed E-state index contributed by atoms with van der Waals surface area (Å²) in [5.41, 5.74) is 1.85. The van der Waals surface area contributed by atoms with Crippen molar-refractivity contribution in [2.45, 2.75) is 114 Å². The van der Waals surface area contributed by atoms with Gasteiger partial charge in [-0.25, -0.2) is 0 Å². The van der Waals surface area contributed by atoms with Crippen LogP contribution in [-0.4, -0.2) is 17.3 Å². The van der Waals surface area contributed by atoms with Crippen molar-refractivity contribution in [3.8, 4) is 0 Å². The number of Topliss-reactive ketones (excluding diaryl/α,β-unsaturated/α-hetero) is 3. The van der Waals surface area contributed by atoms with Crippen molar-refractivity contribution in [2.75, 3.05) is 0 Å². The summed E-state index contributed by atoms with van der Waals surface area (Å²) in [6, 6.07) is 0. The first-order valence-corrected chi connectivity index (χ1v) is 16.1. The molecule has 0 radical (unpaired) electrons. The van der Waals surface area contributed by atoms with E-state index in [1.165, 1.54) is 32.6 Å². The van der Waals surface area contributed by atoms with Gasteiger partial charge in [-0.15, -0.1) is 0 Å². The number of carbonyl (C=O) groups is 3. The molecule has 3 fully saturated rings. The monoisotopic (exact) mass is 534 g/mol. The predicted octanol–water partition coefficient (Wildman–Crippen LogP) is 8.42. The summed E-state index contributed by atoms with van der Waals surface area (Å²) < 4.78 is 0. The molecular weight excluding hydrogens is 480 g/mol. The molecule has 0 saturated heterocycles. The zero-order chi connectivity index (χ0) is 28.8. The summed E-state index contributed by atoms with van der Waals surface area (Å²) in [6.07, 6.45) is 10.5. The van der Waals surface area contributed by atoms with Crippen molar-refractivity contribution in [3.05, 3.63) is 22.8 Å². The summed E-state index contributed by atoms with van der Waals surface area (Å²) in [4.78, 5) is 41.8. The molecule has 3 nitrogen and oxygen atoms in total. The Hall–Kier alpha value is -1.51. The molecule has 5 aliphatic rings. The standard InChI is InChI=1S/C36H54O3/c1-19(2)26-15-27(25-13-11-12-20(3)14-25)22(5)30-28(26)17-34(8)18-35(9)16-21(4)29(24(7)37)33(39)36(35,10)23(6)31(34)32(30)38/h15,19-20,22-23,25-26,28,30-31H,11-14,16-18H2,1-10H3. The fraction of sp³-hybridized carbons (Fsp3) is 0.806. The Balaban J connectivity index is 1.59. The first kappa shape index (κ1) is 29.0. The van der Waals surface area contributed by atoms with Crippen LogP contribution in [0.2, 0.25) is 0 Å². The van der Waals surface area contributed by atoms with E-state index in [4.69, 9.17) is 0 Å². The van der Waals surface area contributed by atoms with Gasteiger partial charge in [0.2, 0.25) is 0 Å². The number of allylic oxidation sites excluding steroid dienone is 4. The third-order valence-corrected chi connectivity index (χ3v) is 13.3. The van der Waals surface area contributed by atoms with Gasteiger partial charge in [-0.05, 0) is 98.2 Å². The van der Waals surface area contributed by atoms with Gasteiger partial charge in [-0.3, -0.25) is 14.4 Å². The van der Waals surface area contributed by atoms with Crippen molar-refractivity contribution in [1.29, 1.82) is 0 Å². The Morgan fingerprint density at radius 3 is 2.31 bits per heavy atom. The SMILES string of the molecule is CC(=O)C1=C(C)CC2(C)CC3(C)CC4C(C(C)C)C=C(C5CCCC(C)C5)C(C)C4C(=O)C3C(C)C2(C)C1=O. The highest BCUT2D eigenvalue weighted by atomic mass is 16.2. The second-order valence-corrected chi connectivity index (χ2v) is 16.1. The van der Waals surface area contributed by atoms with E-state index in [0.29, 0.717) is 35.0 Å². The normalized spacial score (nSPS) is 48.3. The highest BCUT2D eigenvalue weighted by Gasteiger charge is 2.69. The summed E-state index contributed by atoms with van der Waals surface area (Å²) in [5, 5.41) is 0. The lowest BCUT2D eigenvalue weighted by Gasteiger charge is -2.66. The molecule has 0 aromatic carbocycles. The van der Waals surface area contributed by atoms with E-state index >= 15 is 0 Å². The molecule has 216 valence electrons. The second kappa shape index (κ2) is 9.52. The molecule has 0 aromatic rings. The van der Waals surface area contributed by atoms with Crippen molar-refractivity contribution >= 4 is 17.3 Å². The number of hydrogen-bond donors (Lipinski definition) is 0. The van der Waals surface area contributed by atoms with Crippen LogP contribution in [-0.2, 0) is 14.4 Å². The van der Waals surface area contributed by atoms with Gasteiger partial charge in [-0.1, -0.05) is 85.5 Å². The molecule has 11 atom stereocenters. The van der Waals surface area contributed by atoms with E-state index in [1.54, 1.807) is 5.57 Å². The first-order chi connectivity index (χ1) is 18.1. The van der Waals surface area contributed by atoms with Crippen LogP contribution < -0.4 is 0 Å². The van der Waals surface area contributed by atoms with E-state index in [0.717, 1.165) is 30.8 Å². The third-order valence-electron chi connectivity index (χ3n) is 13.3. The van der Waals surface area contributed by atoms with Gasteiger partial charge in [0, 0.05) is 17.3 Å². The molecule has 0 spiro atoms. The second-order valence-electron chi connectivity index (χ2n) is 16.1.